The fraction of sp³-hybridized carbons (Fsp3) is 0.577. The van der Waals surface area contributed by atoms with Crippen LogP contribution in [0.5, 0.6) is 0 Å². The predicted octanol–water partition coefficient (Wildman–Crippen LogP) is 4.58. The lowest BCUT2D eigenvalue weighted by Crippen LogP contribution is -2.60. The van der Waals surface area contributed by atoms with Crippen molar-refractivity contribution in [1.82, 2.24) is 19.6 Å². The number of likely N-dealkylation sites (tertiary alicyclic amines) is 2. The number of halogens is 3. The summed E-state index contributed by atoms with van der Waals surface area (Å²) in [6.45, 7) is 8.45. The number of ketones is 1. The zero-order valence-electron chi connectivity index (χ0n) is 20.8. The van der Waals surface area contributed by atoms with Gasteiger partial charge in [-0.05, 0) is 61.3 Å². The van der Waals surface area contributed by atoms with Crippen molar-refractivity contribution >= 4 is 17.5 Å². The molecule has 10 heteroatoms. The first-order chi connectivity index (χ1) is 17.0. The summed E-state index contributed by atoms with van der Waals surface area (Å²) in [6, 6.07) is 3.94. The first-order valence-corrected chi connectivity index (χ1v) is 12.6. The van der Waals surface area contributed by atoms with Crippen LogP contribution in [0.2, 0.25) is 0 Å². The van der Waals surface area contributed by atoms with Crippen molar-refractivity contribution in [2.75, 3.05) is 44.2 Å². The molecule has 194 valence electrons. The number of hydrogen-bond acceptors (Lipinski definition) is 5. The summed E-state index contributed by atoms with van der Waals surface area (Å²) >= 11 is 0. The van der Waals surface area contributed by atoms with Gasteiger partial charge in [0.05, 0.1) is 5.56 Å². The molecule has 1 aromatic carbocycles. The van der Waals surface area contributed by atoms with Gasteiger partial charge in [0, 0.05) is 64.6 Å². The van der Waals surface area contributed by atoms with Crippen molar-refractivity contribution in [1.29, 1.82) is 0 Å². The van der Waals surface area contributed by atoms with Crippen molar-refractivity contribution in [2.45, 2.75) is 52.3 Å². The molecular weight excluding hydrogens is 471 g/mol. The Labute approximate surface area is 208 Å². The monoisotopic (exact) mass is 503 g/mol. The number of Topliss-reactive ketones (excluding diaryl/α,β-unsaturated/α-hetero) is 1. The fourth-order valence-electron chi connectivity index (χ4n) is 5.92. The van der Waals surface area contributed by atoms with Crippen LogP contribution >= 0.6 is 0 Å². The average Bonchev–Trinajstić information content (AvgIpc) is 3.47. The number of rotatable bonds is 4. The summed E-state index contributed by atoms with van der Waals surface area (Å²) in [4.78, 5) is 30.7. The molecular formula is C26H32F3N5O2. The molecule has 3 aliphatic heterocycles. The van der Waals surface area contributed by atoms with E-state index in [9.17, 15) is 22.8 Å². The third-order valence-corrected chi connectivity index (χ3v) is 7.89. The molecule has 1 aromatic heterocycles. The van der Waals surface area contributed by atoms with E-state index in [4.69, 9.17) is 0 Å². The number of hydrogen-bond donors (Lipinski definition) is 0. The van der Waals surface area contributed by atoms with E-state index in [1.54, 1.807) is 24.1 Å². The standard InChI is InChI=1S/C26H32F3N5O2/c1-18-14-34(30-23(18)19(2)35)24(36)33-11-7-25(8-12-33)16-31(17-25)15-20-5-6-21(26(27,28)29)13-22(20)32-9-3-4-10-32/h5-6,13-14H,3-4,7-12,15-17H2,1-2H3. The highest BCUT2D eigenvalue weighted by atomic mass is 19.4. The van der Waals surface area contributed by atoms with Crippen LogP contribution in [0.15, 0.2) is 24.4 Å². The van der Waals surface area contributed by atoms with Gasteiger partial charge in [-0.1, -0.05) is 6.07 Å². The highest BCUT2D eigenvalue weighted by Gasteiger charge is 2.45. The maximum absolute atomic E-state index is 13.3. The molecule has 4 heterocycles. The molecule has 0 bridgehead atoms. The molecule has 3 saturated heterocycles. The SMILES string of the molecule is CC(=O)c1nn(C(=O)N2CCC3(CC2)CN(Cc2ccc(C(F)(F)F)cc2N2CCCC2)C3)cc1C. The van der Waals surface area contributed by atoms with Crippen molar-refractivity contribution < 1.29 is 22.8 Å². The molecule has 3 fully saturated rings. The second kappa shape index (κ2) is 9.21. The number of carbonyl (C=O) groups excluding carboxylic acids is 2. The van der Waals surface area contributed by atoms with E-state index >= 15 is 0 Å². The highest BCUT2D eigenvalue weighted by molar-refractivity contribution is 5.94. The molecule has 0 saturated carbocycles. The van der Waals surface area contributed by atoms with Gasteiger partial charge in [-0.15, -0.1) is 0 Å². The highest BCUT2D eigenvalue weighted by Crippen LogP contribution is 2.42. The number of aryl methyl sites for hydroxylation is 1. The van der Waals surface area contributed by atoms with Crippen LogP contribution in [0.1, 0.15) is 59.8 Å². The molecule has 3 aliphatic rings. The molecule has 0 radical (unpaired) electrons. The third-order valence-electron chi connectivity index (χ3n) is 7.89. The van der Waals surface area contributed by atoms with E-state index in [2.05, 4.69) is 14.9 Å². The summed E-state index contributed by atoms with van der Waals surface area (Å²) < 4.78 is 41.3. The lowest BCUT2D eigenvalue weighted by molar-refractivity contribution is -0.137. The van der Waals surface area contributed by atoms with E-state index in [1.807, 2.05) is 0 Å². The quantitative estimate of drug-likeness (QED) is 0.572. The lowest BCUT2D eigenvalue weighted by atomic mass is 9.72. The summed E-state index contributed by atoms with van der Waals surface area (Å²) in [7, 11) is 0. The second-order valence-electron chi connectivity index (χ2n) is 10.6. The normalized spacial score (nSPS) is 20.1. The molecule has 0 aliphatic carbocycles. The van der Waals surface area contributed by atoms with E-state index in [0.29, 0.717) is 36.6 Å². The number of benzene rings is 1. The van der Waals surface area contributed by atoms with Crippen LogP contribution in [0.3, 0.4) is 0 Å². The molecule has 0 atom stereocenters. The van der Waals surface area contributed by atoms with Crippen LogP contribution in [0.25, 0.3) is 0 Å². The van der Waals surface area contributed by atoms with Gasteiger partial charge in [0.2, 0.25) is 0 Å². The Kier molecular flexibility index (Phi) is 6.34. The summed E-state index contributed by atoms with van der Waals surface area (Å²) in [6.07, 6.45) is 1.03. The molecule has 0 unspecified atom stereocenters. The molecule has 1 spiro atoms. The number of nitrogens with zero attached hydrogens (tertiary/aromatic N) is 5. The van der Waals surface area contributed by atoms with Crippen LogP contribution in [0, 0.1) is 12.3 Å². The first-order valence-electron chi connectivity index (χ1n) is 12.6. The first kappa shape index (κ1) is 24.8. The van der Waals surface area contributed by atoms with Crippen LogP contribution < -0.4 is 4.90 Å². The molecule has 0 N–H and O–H groups in total. The Hall–Kier alpha value is -2.88. The smallest absolute Gasteiger partial charge is 0.371 e. The maximum Gasteiger partial charge on any atom is 0.416 e. The fourth-order valence-corrected chi connectivity index (χ4v) is 5.92. The van der Waals surface area contributed by atoms with E-state index < -0.39 is 11.7 Å². The molecule has 36 heavy (non-hydrogen) atoms. The summed E-state index contributed by atoms with van der Waals surface area (Å²) in [5.74, 6) is -0.160. The summed E-state index contributed by atoms with van der Waals surface area (Å²) in [5, 5.41) is 4.17. The van der Waals surface area contributed by atoms with Crippen molar-refractivity contribution in [3.63, 3.8) is 0 Å². The number of carbonyl (C=O) groups is 2. The minimum absolute atomic E-state index is 0.140. The Balaban J connectivity index is 1.20. The van der Waals surface area contributed by atoms with Crippen LogP contribution in [-0.2, 0) is 12.7 Å². The zero-order valence-corrected chi connectivity index (χ0v) is 20.8. The van der Waals surface area contributed by atoms with Gasteiger partial charge in [0.15, 0.2) is 5.78 Å². The van der Waals surface area contributed by atoms with E-state index in [0.717, 1.165) is 57.4 Å². The van der Waals surface area contributed by atoms with Gasteiger partial charge in [0.1, 0.15) is 5.69 Å². The van der Waals surface area contributed by atoms with Crippen molar-refractivity contribution in [2.24, 2.45) is 5.41 Å². The minimum Gasteiger partial charge on any atom is -0.371 e. The van der Waals surface area contributed by atoms with E-state index in [1.165, 1.54) is 23.7 Å². The lowest BCUT2D eigenvalue weighted by Gasteiger charge is -2.54. The summed E-state index contributed by atoms with van der Waals surface area (Å²) in [5.41, 5.74) is 2.22. The largest absolute Gasteiger partial charge is 0.416 e. The number of aromatic nitrogens is 2. The maximum atomic E-state index is 13.3. The number of alkyl halides is 3. The average molecular weight is 504 g/mol. The van der Waals surface area contributed by atoms with Crippen LogP contribution in [0.4, 0.5) is 23.7 Å². The second-order valence-corrected chi connectivity index (χ2v) is 10.6. The Morgan fingerprint density at radius 1 is 1.06 bits per heavy atom. The molecule has 1 amide bonds. The Morgan fingerprint density at radius 3 is 2.31 bits per heavy atom. The van der Waals surface area contributed by atoms with E-state index in [-0.39, 0.29) is 17.2 Å². The van der Waals surface area contributed by atoms with Gasteiger partial charge in [-0.2, -0.15) is 23.0 Å². The number of anilines is 1. The van der Waals surface area contributed by atoms with Crippen molar-refractivity contribution in [3.8, 4) is 0 Å². The van der Waals surface area contributed by atoms with Crippen molar-refractivity contribution in [3.05, 3.63) is 46.8 Å². The predicted molar refractivity (Wildman–Crippen MR) is 129 cm³/mol. The zero-order chi connectivity index (χ0) is 25.7. The molecule has 2 aromatic rings. The van der Waals surface area contributed by atoms with Gasteiger partial charge in [-0.25, -0.2) is 4.79 Å². The minimum atomic E-state index is -4.35. The molecule has 7 nitrogen and oxygen atoms in total. The van der Waals surface area contributed by atoms with Crippen LogP contribution in [-0.4, -0.2) is 70.7 Å². The Bertz CT molecular complexity index is 1150. The topological polar surface area (TPSA) is 61.7 Å². The number of piperidine rings is 1. The number of amides is 1. The van der Waals surface area contributed by atoms with Gasteiger partial charge in [-0.3, -0.25) is 9.69 Å². The molecule has 5 rings (SSSR count). The Morgan fingerprint density at radius 2 is 1.72 bits per heavy atom. The van der Waals surface area contributed by atoms with Gasteiger partial charge in [0.25, 0.3) is 0 Å². The third kappa shape index (κ3) is 4.75. The van der Waals surface area contributed by atoms with Gasteiger partial charge < -0.3 is 9.80 Å². The van der Waals surface area contributed by atoms with Gasteiger partial charge >= 0.3 is 12.2 Å².